The van der Waals surface area contributed by atoms with Gasteiger partial charge in [-0.25, -0.2) is 4.39 Å². The molecule has 0 atom stereocenters. The SMILES string of the molecule is Cc1ccc(-c2cc(C(=O)Nc3cccnc3)no2)cc1F. The number of nitrogens with zero attached hydrogens (tertiary/aromatic N) is 2. The summed E-state index contributed by atoms with van der Waals surface area (Å²) in [6.45, 7) is 1.67. The first-order chi connectivity index (χ1) is 10.6. The zero-order valence-electron chi connectivity index (χ0n) is 11.7. The van der Waals surface area contributed by atoms with Crippen molar-refractivity contribution in [2.75, 3.05) is 5.32 Å². The number of carbonyl (C=O) groups is 1. The topological polar surface area (TPSA) is 68.0 Å². The molecule has 6 heteroatoms. The van der Waals surface area contributed by atoms with Crippen LogP contribution < -0.4 is 5.32 Å². The maximum atomic E-state index is 13.6. The van der Waals surface area contributed by atoms with Gasteiger partial charge < -0.3 is 9.84 Å². The normalized spacial score (nSPS) is 10.5. The molecule has 1 N–H and O–H groups in total. The Balaban J connectivity index is 1.81. The molecule has 3 aromatic rings. The Kier molecular flexibility index (Phi) is 3.65. The predicted octanol–water partition coefficient (Wildman–Crippen LogP) is 3.44. The first-order valence-corrected chi connectivity index (χ1v) is 6.58. The quantitative estimate of drug-likeness (QED) is 0.804. The Hall–Kier alpha value is -3.02. The van der Waals surface area contributed by atoms with Crippen LogP contribution >= 0.6 is 0 Å². The van der Waals surface area contributed by atoms with Gasteiger partial charge in [0.2, 0.25) is 0 Å². The lowest BCUT2D eigenvalue weighted by atomic mass is 10.1. The van der Waals surface area contributed by atoms with Gasteiger partial charge in [0.05, 0.1) is 11.9 Å². The molecule has 22 heavy (non-hydrogen) atoms. The Morgan fingerprint density at radius 2 is 2.14 bits per heavy atom. The van der Waals surface area contributed by atoms with Gasteiger partial charge in [0.1, 0.15) is 5.82 Å². The van der Waals surface area contributed by atoms with Crippen molar-refractivity contribution in [1.29, 1.82) is 0 Å². The summed E-state index contributed by atoms with van der Waals surface area (Å²) in [6, 6.07) is 9.58. The van der Waals surface area contributed by atoms with E-state index in [1.54, 1.807) is 37.4 Å². The monoisotopic (exact) mass is 297 g/mol. The first-order valence-electron chi connectivity index (χ1n) is 6.58. The molecule has 0 radical (unpaired) electrons. The van der Waals surface area contributed by atoms with Crippen LogP contribution in [0.3, 0.4) is 0 Å². The van der Waals surface area contributed by atoms with E-state index in [-0.39, 0.29) is 11.5 Å². The van der Waals surface area contributed by atoms with Crippen molar-refractivity contribution in [3.63, 3.8) is 0 Å². The molecule has 1 aromatic carbocycles. The predicted molar refractivity (Wildman–Crippen MR) is 78.8 cm³/mol. The fourth-order valence-electron chi connectivity index (χ4n) is 1.90. The van der Waals surface area contributed by atoms with E-state index in [1.807, 2.05) is 0 Å². The summed E-state index contributed by atoms with van der Waals surface area (Å²) in [7, 11) is 0. The van der Waals surface area contributed by atoms with Gasteiger partial charge in [-0.05, 0) is 30.7 Å². The van der Waals surface area contributed by atoms with E-state index >= 15 is 0 Å². The lowest BCUT2D eigenvalue weighted by Crippen LogP contribution is -2.12. The fraction of sp³-hybridized carbons (Fsp3) is 0.0625. The van der Waals surface area contributed by atoms with Crippen LogP contribution in [-0.2, 0) is 0 Å². The second-order valence-corrected chi connectivity index (χ2v) is 4.74. The van der Waals surface area contributed by atoms with E-state index in [2.05, 4.69) is 15.5 Å². The number of benzene rings is 1. The molecule has 0 aliphatic rings. The van der Waals surface area contributed by atoms with Gasteiger partial charge in [-0.1, -0.05) is 17.3 Å². The second kappa shape index (κ2) is 5.77. The minimum absolute atomic E-state index is 0.111. The van der Waals surface area contributed by atoms with Crippen LogP contribution in [0.15, 0.2) is 53.3 Å². The maximum Gasteiger partial charge on any atom is 0.277 e. The van der Waals surface area contributed by atoms with Crippen molar-refractivity contribution in [3.05, 3.63) is 65.9 Å². The molecule has 5 nitrogen and oxygen atoms in total. The summed E-state index contributed by atoms with van der Waals surface area (Å²) in [4.78, 5) is 15.9. The van der Waals surface area contributed by atoms with Gasteiger partial charge in [-0.15, -0.1) is 0 Å². The van der Waals surface area contributed by atoms with Crippen LogP contribution in [0.5, 0.6) is 0 Å². The number of aromatic nitrogens is 2. The number of halogens is 1. The minimum atomic E-state index is -0.421. The number of carbonyl (C=O) groups excluding carboxylic acids is 1. The molecule has 1 amide bonds. The zero-order valence-corrected chi connectivity index (χ0v) is 11.7. The van der Waals surface area contributed by atoms with Crippen LogP contribution in [-0.4, -0.2) is 16.0 Å². The summed E-state index contributed by atoms with van der Waals surface area (Å²) >= 11 is 0. The van der Waals surface area contributed by atoms with E-state index in [1.165, 1.54) is 18.3 Å². The van der Waals surface area contributed by atoms with E-state index in [0.717, 1.165) is 0 Å². The van der Waals surface area contributed by atoms with Crippen molar-refractivity contribution in [2.24, 2.45) is 0 Å². The highest BCUT2D eigenvalue weighted by molar-refractivity contribution is 6.03. The summed E-state index contributed by atoms with van der Waals surface area (Å²) in [5, 5.41) is 6.36. The summed E-state index contributed by atoms with van der Waals surface area (Å²) in [5.41, 5.74) is 1.73. The molecular weight excluding hydrogens is 285 g/mol. The molecule has 2 aromatic heterocycles. The Labute approximate surface area is 125 Å². The Morgan fingerprint density at radius 1 is 1.27 bits per heavy atom. The molecule has 0 unspecified atom stereocenters. The largest absolute Gasteiger partial charge is 0.355 e. The van der Waals surface area contributed by atoms with Gasteiger partial charge in [-0.2, -0.15) is 0 Å². The average molecular weight is 297 g/mol. The number of nitrogens with one attached hydrogen (secondary N) is 1. The fourth-order valence-corrected chi connectivity index (χ4v) is 1.90. The minimum Gasteiger partial charge on any atom is -0.355 e. The third-order valence-corrected chi connectivity index (χ3v) is 3.12. The Bertz CT molecular complexity index is 815. The zero-order chi connectivity index (χ0) is 15.5. The summed E-state index contributed by atoms with van der Waals surface area (Å²) < 4.78 is 18.7. The molecule has 0 aliphatic carbocycles. The molecule has 0 fully saturated rings. The van der Waals surface area contributed by atoms with E-state index in [0.29, 0.717) is 22.6 Å². The van der Waals surface area contributed by atoms with E-state index in [4.69, 9.17) is 4.52 Å². The lowest BCUT2D eigenvalue weighted by Gasteiger charge is -2.00. The highest BCUT2D eigenvalue weighted by Gasteiger charge is 2.14. The van der Waals surface area contributed by atoms with Crippen molar-refractivity contribution < 1.29 is 13.7 Å². The number of anilines is 1. The number of rotatable bonds is 3. The lowest BCUT2D eigenvalue weighted by molar-refractivity contribution is 0.101. The van der Waals surface area contributed by atoms with Crippen LogP contribution in [0.25, 0.3) is 11.3 Å². The van der Waals surface area contributed by atoms with Crippen LogP contribution in [0, 0.1) is 12.7 Å². The number of aryl methyl sites for hydroxylation is 1. The number of hydrogen-bond donors (Lipinski definition) is 1. The summed E-state index contributed by atoms with van der Waals surface area (Å²) in [6.07, 6.45) is 3.13. The maximum absolute atomic E-state index is 13.6. The molecule has 3 rings (SSSR count). The van der Waals surface area contributed by atoms with Gasteiger partial charge >= 0.3 is 0 Å². The van der Waals surface area contributed by atoms with Crippen LogP contribution in [0.4, 0.5) is 10.1 Å². The number of hydrogen-bond acceptors (Lipinski definition) is 4. The molecule has 0 saturated carbocycles. The molecule has 0 bridgehead atoms. The third-order valence-electron chi connectivity index (χ3n) is 3.12. The number of pyridine rings is 1. The van der Waals surface area contributed by atoms with Gasteiger partial charge in [-0.3, -0.25) is 9.78 Å². The standard InChI is InChI=1S/C16H12FN3O2/c1-10-4-5-11(7-13(10)17)15-8-14(20-22-15)16(21)19-12-3-2-6-18-9-12/h2-9H,1H3,(H,19,21). The average Bonchev–Trinajstić information content (AvgIpc) is 3.01. The molecule has 0 spiro atoms. The first kappa shape index (κ1) is 13.9. The smallest absolute Gasteiger partial charge is 0.277 e. The summed E-state index contributed by atoms with van der Waals surface area (Å²) in [5.74, 6) is -0.430. The third kappa shape index (κ3) is 2.85. The van der Waals surface area contributed by atoms with Gasteiger partial charge in [0.25, 0.3) is 5.91 Å². The Morgan fingerprint density at radius 3 is 2.86 bits per heavy atom. The van der Waals surface area contributed by atoms with Gasteiger partial charge in [0, 0.05) is 17.8 Å². The molecule has 2 heterocycles. The molecular formula is C16H12FN3O2. The van der Waals surface area contributed by atoms with Gasteiger partial charge in [0.15, 0.2) is 11.5 Å². The molecule has 0 saturated heterocycles. The van der Waals surface area contributed by atoms with Crippen molar-refractivity contribution in [2.45, 2.75) is 6.92 Å². The van der Waals surface area contributed by atoms with E-state index < -0.39 is 5.91 Å². The van der Waals surface area contributed by atoms with Crippen molar-refractivity contribution >= 4 is 11.6 Å². The number of amides is 1. The van der Waals surface area contributed by atoms with Crippen molar-refractivity contribution in [3.8, 4) is 11.3 Å². The highest BCUT2D eigenvalue weighted by Crippen LogP contribution is 2.23. The highest BCUT2D eigenvalue weighted by atomic mass is 19.1. The van der Waals surface area contributed by atoms with Crippen LogP contribution in [0.1, 0.15) is 16.1 Å². The second-order valence-electron chi connectivity index (χ2n) is 4.74. The molecule has 0 aliphatic heterocycles. The van der Waals surface area contributed by atoms with Crippen molar-refractivity contribution in [1.82, 2.24) is 10.1 Å². The van der Waals surface area contributed by atoms with Crippen LogP contribution in [0.2, 0.25) is 0 Å². The molecule has 110 valence electrons. The van der Waals surface area contributed by atoms with E-state index in [9.17, 15) is 9.18 Å².